The van der Waals surface area contributed by atoms with Crippen molar-refractivity contribution in [2.24, 2.45) is 0 Å². The fourth-order valence-corrected chi connectivity index (χ4v) is 4.64. The minimum absolute atomic E-state index is 0.0226. The Labute approximate surface area is 175 Å². The molecule has 2 rings (SSSR count). The van der Waals surface area contributed by atoms with Crippen molar-refractivity contribution in [3.8, 4) is 5.75 Å². The first kappa shape index (κ1) is 22.5. The molecular formula is C19H23ClN2O4S2. The molecule has 9 heteroatoms. The second kappa shape index (κ2) is 10.7. The SMILES string of the molecule is CCNC(=O)c1cc(S(=O)(=O)NCCSCc2cccc(Cl)c2)ccc1OC. The van der Waals surface area contributed by atoms with Crippen LogP contribution in [-0.2, 0) is 15.8 Å². The van der Waals surface area contributed by atoms with Crippen LogP contribution in [0.15, 0.2) is 47.4 Å². The fraction of sp³-hybridized carbons (Fsp3) is 0.316. The van der Waals surface area contributed by atoms with Crippen molar-refractivity contribution in [3.05, 3.63) is 58.6 Å². The van der Waals surface area contributed by atoms with Crippen molar-refractivity contribution in [1.29, 1.82) is 0 Å². The van der Waals surface area contributed by atoms with Crippen molar-refractivity contribution in [3.63, 3.8) is 0 Å². The molecular weight excluding hydrogens is 420 g/mol. The fourth-order valence-electron chi connectivity index (χ4n) is 2.44. The summed E-state index contributed by atoms with van der Waals surface area (Å²) < 4.78 is 32.8. The van der Waals surface area contributed by atoms with Gasteiger partial charge < -0.3 is 10.1 Å². The summed E-state index contributed by atoms with van der Waals surface area (Å²) in [5.41, 5.74) is 1.27. The highest BCUT2D eigenvalue weighted by molar-refractivity contribution is 7.98. The van der Waals surface area contributed by atoms with Crippen LogP contribution < -0.4 is 14.8 Å². The van der Waals surface area contributed by atoms with Gasteiger partial charge in [-0.05, 0) is 42.8 Å². The summed E-state index contributed by atoms with van der Waals surface area (Å²) in [5.74, 6) is 1.28. The molecule has 0 bridgehead atoms. The molecule has 0 saturated heterocycles. The lowest BCUT2D eigenvalue weighted by Crippen LogP contribution is -2.27. The minimum atomic E-state index is -3.73. The average molecular weight is 443 g/mol. The number of nitrogens with one attached hydrogen (secondary N) is 2. The summed E-state index contributed by atoms with van der Waals surface area (Å²) in [4.78, 5) is 12.2. The molecule has 0 aliphatic rings. The number of hydrogen-bond donors (Lipinski definition) is 2. The van der Waals surface area contributed by atoms with Crippen LogP contribution in [0.2, 0.25) is 5.02 Å². The second-order valence-corrected chi connectivity index (χ2v) is 9.11. The second-order valence-electron chi connectivity index (χ2n) is 5.80. The Morgan fingerprint density at radius 1 is 1.21 bits per heavy atom. The van der Waals surface area contributed by atoms with Gasteiger partial charge in [0.15, 0.2) is 0 Å². The number of ether oxygens (including phenoxy) is 1. The number of benzene rings is 2. The maximum Gasteiger partial charge on any atom is 0.255 e. The molecule has 6 nitrogen and oxygen atoms in total. The molecule has 1 amide bonds. The van der Waals surface area contributed by atoms with Crippen LogP contribution in [0.4, 0.5) is 0 Å². The Bertz CT molecular complexity index is 920. The van der Waals surface area contributed by atoms with Crippen LogP contribution >= 0.6 is 23.4 Å². The van der Waals surface area contributed by atoms with E-state index in [1.807, 2.05) is 24.3 Å². The summed E-state index contributed by atoms with van der Waals surface area (Å²) in [7, 11) is -2.30. The van der Waals surface area contributed by atoms with Crippen molar-refractivity contribution >= 4 is 39.3 Å². The van der Waals surface area contributed by atoms with E-state index in [4.69, 9.17) is 16.3 Å². The molecule has 0 atom stereocenters. The first-order chi connectivity index (χ1) is 13.4. The normalized spacial score (nSPS) is 11.2. The average Bonchev–Trinajstić information content (AvgIpc) is 2.67. The van der Waals surface area contributed by atoms with E-state index in [1.165, 1.54) is 25.3 Å². The van der Waals surface area contributed by atoms with Crippen molar-refractivity contribution in [2.75, 3.05) is 26.0 Å². The van der Waals surface area contributed by atoms with E-state index in [9.17, 15) is 13.2 Å². The van der Waals surface area contributed by atoms with Crippen molar-refractivity contribution < 1.29 is 17.9 Å². The van der Waals surface area contributed by atoms with E-state index in [1.54, 1.807) is 18.7 Å². The molecule has 0 aromatic heterocycles. The first-order valence-electron chi connectivity index (χ1n) is 8.65. The highest BCUT2D eigenvalue weighted by atomic mass is 35.5. The lowest BCUT2D eigenvalue weighted by atomic mass is 10.2. The van der Waals surface area contributed by atoms with Crippen LogP contribution in [-0.4, -0.2) is 40.3 Å². The molecule has 0 radical (unpaired) electrons. The van der Waals surface area contributed by atoms with Crippen LogP contribution in [0.3, 0.4) is 0 Å². The number of thioether (sulfide) groups is 1. The van der Waals surface area contributed by atoms with Gasteiger partial charge in [0.25, 0.3) is 5.91 Å². The Hall–Kier alpha value is -1.74. The van der Waals surface area contributed by atoms with Crippen LogP contribution in [0.5, 0.6) is 5.75 Å². The largest absolute Gasteiger partial charge is 0.496 e. The molecule has 0 saturated carbocycles. The van der Waals surface area contributed by atoms with Gasteiger partial charge in [-0.3, -0.25) is 4.79 Å². The van der Waals surface area contributed by atoms with Gasteiger partial charge in [0.05, 0.1) is 17.6 Å². The zero-order chi connectivity index (χ0) is 20.6. The molecule has 2 N–H and O–H groups in total. The number of methoxy groups -OCH3 is 1. The van der Waals surface area contributed by atoms with E-state index < -0.39 is 10.0 Å². The molecule has 152 valence electrons. The van der Waals surface area contributed by atoms with E-state index >= 15 is 0 Å². The van der Waals surface area contributed by atoms with Gasteiger partial charge in [0, 0.05) is 29.6 Å². The maximum atomic E-state index is 12.5. The third kappa shape index (κ3) is 6.41. The molecule has 0 aliphatic heterocycles. The number of carbonyl (C=O) groups is 1. The number of carbonyl (C=O) groups excluding carboxylic acids is 1. The summed E-state index contributed by atoms with van der Waals surface area (Å²) in [6.45, 7) is 2.49. The highest BCUT2D eigenvalue weighted by Crippen LogP contribution is 2.22. The Morgan fingerprint density at radius 3 is 2.68 bits per heavy atom. The molecule has 2 aromatic rings. The number of rotatable bonds is 10. The van der Waals surface area contributed by atoms with E-state index in [2.05, 4.69) is 10.0 Å². The lowest BCUT2D eigenvalue weighted by molar-refractivity contribution is 0.0952. The molecule has 0 aliphatic carbocycles. The monoisotopic (exact) mass is 442 g/mol. The number of sulfonamides is 1. The lowest BCUT2D eigenvalue weighted by Gasteiger charge is -2.12. The van der Waals surface area contributed by atoms with Crippen LogP contribution in [0.25, 0.3) is 0 Å². The summed E-state index contributed by atoms with van der Waals surface area (Å²) >= 11 is 7.55. The van der Waals surface area contributed by atoms with Gasteiger partial charge in [0.2, 0.25) is 10.0 Å². The van der Waals surface area contributed by atoms with Crippen LogP contribution in [0, 0.1) is 0 Å². The van der Waals surface area contributed by atoms with Crippen LogP contribution in [0.1, 0.15) is 22.8 Å². The number of amides is 1. The summed E-state index contributed by atoms with van der Waals surface area (Å²) in [6, 6.07) is 11.8. The molecule has 0 fully saturated rings. The molecule has 0 unspecified atom stereocenters. The van der Waals surface area contributed by atoms with E-state index in [-0.39, 0.29) is 22.9 Å². The molecule has 0 spiro atoms. The van der Waals surface area contributed by atoms with Gasteiger partial charge in [0.1, 0.15) is 5.75 Å². The predicted octanol–water partition coefficient (Wildman–Crippen LogP) is 3.31. The number of halogens is 1. The van der Waals surface area contributed by atoms with E-state index in [0.717, 1.165) is 11.3 Å². The predicted molar refractivity (Wildman–Crippen MR) is 114 cm³/mol. The summed E-state index contributed by atoms with van der Waals surface area (Å²) in [5, 5.41) is 3.33. The first-order valence-corrected chi connectivity index (χ1v) is 11.7. The van der Waals surface area contributed by atoms with Gasteiger partial charge in [-0.25, -0.2) is 13.1 Å². The zero-order valence-corrected chi connectivity index (χ0v) is 18.1. The van der Waals surface area contributed by atoms with Gasteiger partial charge >= 0.3 is 0 Å². The van der Waals surface area contributed by atoms with Gasteiger partial charge in [-0.15, -0.1) is 0 Å². The quantitative estimate of drug-likeness (QED) is 0.551. The van der Waals surface area contributed by atoms with Crippen molar-refractivity contribution in [2.45, 2.75) is 17.6 Å². The Kier molecular flexibility index (Phi) is 8.62. The standard InChI is InChI=1S/C19H23ClN2O4S2/c1-3-21-19(23)17-12-16(7-8-18(17)26-2)28(24,25)22-9-10-27-13-14-5-4-6-15(20)11-14/h4-8,11-12,22H,3,9-10,13H2,1-2H3,(H,21,23). The molecule has 28 heavy (non-hydrogen) atoms. The molecule has 2 aromatic carbocycles. The summed E-state index contributed by atoms with van der Waals surface area (Å²) in [6.07, 6.45) is 0. The Balaban J connectivity index is 1.96. The Morgan fingerprint density at radius 2 is 2.00 bits per heavy atom. The third-order valence-corrected chi connectivity index (χ3v) is 6.48. The maximum absolute atomic E-state index is 12.5. The third-order valence-electron chi connectivity index (χ3n) is 3.76. The zero-order valence-electron chi connectivity index (χ0n) is 15.7. The van der Waals surface area contributed by atoms with E-state index in [0.29, 0.717) is 23.1 Å². The smallest absolute Gasteiger partial charge is 0.255 e. The number of hydrogen-bond acceptors (Lipinski definition) is 5. The van der Waals surface area contributed by atoms with Gasteiger partial charge in [-0.1, -0.05) is 23.7 Å². The van der Waals surface area contributed by atoms with Crippen molar-refractivity contribution in [1.82, 2.24) is 10.0 Å². The van der Waals surface area contributed by atoms with Gasteiger partial charge in [-0.2, -0.15) is 11.8 Å². The molecule has 0 heterocycles. The highest BCUT2D eigenvalue weighted by Gasteiger charge is 2.19. The topological polar surface area (TPSA) is 84.5 Å². The minimum Gasteiger partial charge on any atom is -0.496 e.